The number of aromatic nitrogens is 2. The van der Waals surface area contributed by atoms with E-state index in [9.17, 15) is 0 Å². The molecule has 8 rings (SSSR count). The van der Waals surface area contributed by atoms with Gasteiger partial charge in [-0.25, -0.2) is 0 Å². The fourth-order valence-corrected chi connectivity index (χ4v) is 9.20. The molecule has 1 fully saturated rings. The quantitative estimate of drug-likeness (QED) is 0.113. The number of rotatable bonds is 8. The van der Waals surface area contributed by atoms with Crippen LogP contribution in [0.5, 0.6) is 0 Å². The minimum absolute atomic E-state index is 0. The van der Waals surface area contributed by atoms with E-state index in [4.69, 9.17) is 9.40 Å². The smallest absolute Gasteiger partial charge is 0.121 e. The van der Waals surface area contributed by atoms with Gasteiger partial charge in [0, 0.05) is 37.9 Å². The summed E-state index contributed by atoms with van der Waals surface area (Å²) in [6.45, 7) is 11.7. The van der Waals surface area contributed by atoms with Crippen LogP contribution in [-0.2, 0) is 32.9 Å². The molecule has 1 saturated carbocycles. The van der Waals surface area contributed by atoms with Crippen LogP contribution in [0.2, 0.25) is 19.6 Å². The summed E-state index contributed by atoms with van der Waals surface area (Å²) in [6.07, 6.45) is 11.8. The molecule has 1 radical (unpaired) electrons. The van der Waals surface area contributed by atoms with Gasteiger partial charge in [0.2, 0.25) is 0 Å². The third kappa shape index (κ3) is 8.55. The minimum Gasteiger partial charge on any atom is -0.501 e. The van der Waals surface area contributed by atoms with Crippen LogP contribution in [0.25, 0.3) is 55.6 Å². The fraction of sp³-hybridized carbons (Fsp3) is 0.277. The number of hydrogen-bond donors (Lipinski definition) is 0. The maximum absolute atomic E-state index is 6.40. The Hall–Kier alpha value is -4.15. The third-order valence-corrected chi connectivity index (χ3v) is 12.1. The summed E-state index contributed by atoms with van der Waals surface area (Å²) in [4.78, 5) is 9.38. The first-order valence-electron chi connectivity index (χ1n) is 18.6. The normalized spacial score (nSPS) is 13.3. The number of pyridine rings is 2. The number of furan rings is 1. The first kappa shape index (κ1) is 37.6. The predicted molar refractivity (Wildman–Crippen MR) is 217 cm³/mol. The first-order chi connectivity index (χ1) is 24.7. The average molecular weight is 877 g/mol. The van der Waals surface area contributed by atoms with Crippen LogP contribution in [0.15, 0.2) is 120 Å². The molecule has 0 unspecified atom stereocenters. The van der Waals surface area contributed by atoms with E-state index in [0.29, 0.717) is 5.92 Å². The summed E-state index contributed by atoms with van der Waals surface area (Å²) in [5.74, 6) is 1.48. The maximum Gasteiger partial charge on any atom is 0.121 e. The Morgan fingerprint density at radius 1 is 0.808 bits per heavy atom. The number of benzene rings is 4. The summed E-state index contributed by atoms with van der Waals surface area (Å²) in [5, 5.41) is 3.76. The van der Waals surface area contributed by atoms with Gasteiger partial charge in [-0.1, -0.05) is 136 Å². The van der Waals surface area contributed by atoms with Gasteiger partial charge in [0.05, 0.1) is 13.7 Å². The Morgan fingerprint density at radius 3 is 2.33 bits per heavy atom. The van der Waals surface area contributed by atoms with Gasteiger partial charge in [-0.2, -0.15) is 0 Å². The second-order valence-electron chi connectivity index (χ2n) is 15.5. The second-order valence-corrected chi connectivity index (χ2v) is 20.5. The van der Waals surface area contributed by atoms with E-state index < -0.39 is 8.07 Å². The molecule has 0 aliphatic heterocycles. The van der Waals surface area contributed by atoms with Gasteiger partial charge in [-0.3, -0.25) is 0 Å². The average Bonchev–Trinajstić information content (AvgIpc) is 3.80. The Balaban J connectivity index is 0.000000193. The molecule has 1 aliphatic rings. The maximum atomic E-state index is 6.40. The van der Waals surface area contributed by atoms with Crippen molar-refractivity contribution in [1.82, 2.24) is 9.97 Å². The standard InChI is InChI=1S/C29H24NO.C18H24NSi.Ir/c1-2-10-22(11-3-1)23-12-7-15-27-28(23)25-14-6-13-24(29(25)31-27)26-19-21(16-17-30-26)18-20-8-4-5-9-20;1-14(2)11-16-12-17(15-9-7-6-8-10-15)19-13-18(16)20(3,4)5;/h1-3,6-7,10-12,14-17,19-20H,4-5,8-9,18H2;6-9,12-14H,11H2,1-5H3;/q2*-1;. The van der Waals surface area contributed by atoms with E-state index in [1.54, 1.807) is 0 Å². The van der Waals surface area contributed by atoms with Gasteiger partial charge in [-0.05, 0) is 64.5 Å². The minimum atomic E-state index is -1.34. The third-order valence-electron chi connectivity index (χ3n) is 10.0. The molecular weight excluding hydrogens is 829 g/mol. The van der Waals surface area contributed by atoms with Crippen molar-refractivity contribution < 1.29 is 24.5 Å². The van der Waals surface area contributed by atoms with Crippen LogP contribution in [-0.4, -0.2) is 18.0 Å². The summed E-state index contributed by atoms with van der Waals surface area (Å²) in [6, 6.07) is 42.3. The Labute approximate surface area is 324 Å². The molecule has 0 spiro atoms. The van der Waals surface area contributed by atoms with Gasteiger partial charge in [0.1, 0.15) is 5.58 Å². The second kappa shape index (κ2) is 16.7. The molecular formula is C47H48IrN2OSi-2. The molecule has 0 amide bonds. The molecule has 1 aliphatic carbocycles. The van der Waals surface area contributed by atoms with Crippen molar-refractivity contribution in [2.75, 3.05) is 0 Å². The van der Waals surface area contributed by atoms with Crippen molar-refractivity contribution in [2.45, 2.75) is 72.0 Å². The first-order valence-corrected chi connectivity index (χ1v) is 22.1. The number of nitrogens with zero attached hydrogens (tertiary/aromatic N) is 2. The molecule has 0 N–H and O–H groups in total. The molecule has 3 nitrogen and oxygen atoms in total. The zero-order valence-electron chi connectivity index (χ0n) is 31.0. The SMILES string of the molecule is CC(C)Cc1cc(-c2[c-]cccc2)ncc1[Si](C)(C)C.[Ir].[c-]1ccc2c(oc3cccc(-c4ccccc4)c32)c1-c1cc(CC2CCCC2)ccn1. The van der Waals surface area contributed by atoms with Crippen LogP contribution >= 0.6 is 0 Å². The topological polar surface area (TPSA) is 38.9 Å². The van der Waals surface area contributed by atoms with Crippen molar-refractivity contribution >= 4 is 35.2 Å². The molecule has 0 saturated heterocycles. The van der Waals surface area contributed by atoms with Crippen LogP contribution in [0.3, 0.4) is 0 Å². The van der Waals surface area contributed by atoms with E-state index in [1.807, 2.05) is 30.5 Å². The van der Waals surface area contributed by atoms with E-state index >= 15 is 0 Å². The van der Waals surface area contributed by atoms with Crippen LogP contribution in [0.4, 0.5) is 0 Å². The van der Waals surface area contributed by atoms with Crippen molar-refractivity contribution in [3.05, 3.63) is 139 Å². The van der Waals surface area contributed by atoms with Gasteiger partial charge in [0.25, 0.3) is 0 Å². The van der Waals surface area contributed by atoms with Crippen molar-refractivity contribution in [3.8, 4) is 33.6 Å². The fourth-order valence-electron chi connectivity index (χ4n) is 7.61. The molecule has 4 aromatic carbocycles. The van der Waals surface area contributed by atoms with Gasteiger partial charge >= 0.3 is 0 Å². The molecule has 3 aromatic heterocycles. The van der Waals surface area contributed by atoms with Gasteiger partial charge in [0.15, 0.2) is 0 Å². The zero-order chi connectivity index (χ0) is 35.4. The van der Waals surface area contributed by atoms with E-state index in [2.05, 4.69) is 136 Å². The molecule has 0 bridgehead atoms. The molecule has 3 heterocycles. The number of fused-ring (bicyclic) bond motifs is 3. The van der Waals surface area contributed by atoms with Crippen LogP contribution in [0.1, 0.15) is 50.7 Å². The summed E-state index contributed by atoms with van der Waals surface area (Å²) in [7, 11) is -1.34. The molecule has 7 aromatic rings. The van der Waals surface area contributed by atoms with Crippen LogP contribution in [0, 0.1) is 24.0 Å². The van der Waals surface area contributed by atoms with Crippen molar-refractivity contribution in [1.29, 1.82) is 0 Å². The molecule has 267 valence electrons. The Morgan fingerprint density at radius 2 is 1.60 bits per heavy atom. The van der Waals surface area contributed by atoms with E-state index in [0.717, 1.165) is 63.2 Å². The molecule has 0 atom stereocenters. The summed E-state index contributed by atoms with van der Waals surface area (Å²) in [5.41, 5.74) is 11.0. The number of hydrogen-bond acceptors (Lipinski definition) is 3. The summed E-state index contributed by atoms with van der Waals surface area (Å²) < 4.78 is 6.40. The largest absolute Gasteiger partial charge is 0.501 e. The monoisotopic (exact) mass is 877 g/mol. The van der Waals surface area contributed by atoms with E-state index in [1.165, 1.54) is 53.1 Å². The Bertz CT molecular complexity index is 2230. The van der Waals surface area contributed by atoms with Crippen LogP contribution < -0.4 is 5.19 Å². The van der Waals surface area contributed by atoms with Crippen molar-refractivity contribution in [3.63, 3.8) is 0 Å². The zero-order valence-corrected chi connectivity index (χ0v) is 34.4. The summed E-state index contributed by atoms with van der Waals surface area (Å²) >= 11 is 0. The van der Waals surface area contributed by atoms with E-state index in [-0.39, 0.29) is 20.1 Å². The predicted octanol–water partition coefficient (Wildman–Crippen LogP) is 12.1. The Kier molecular flexibility index (Phi) is 12.1. The van der Waals surface area contributed by atoms with Gasteiger partial charge in [-0.15, -0.1) is 54.1 Å². The van der Waals surface area contributed by atoms with Crippen molar-refractivity contribution in [2.24, 2.45) is 11.8 Å². The van der Waals surface area contributed by atoms with Gasteiger partial charge < -0.3 is 14.4 Å². The molecule has 5 heteroatoms. The molecule has 52 heavy (non-hydrogen) atoms.